The molecule has 60 valence electrons. The van der Waals surface area contributed by atoms with E-state index in [1.807, 2.05) is 14.0 Å². The van der Waals surface area contributed by atoms with Gasteiger partial charge in [-0.05, 0) is 6.92 Å². The molecule has 1 rings (SSSR count). The van der Waals surface area contributed by atoms with Crippen molar-refractivity contribution in [3.63, 3.8) is 0 Å². The fourth-order valence-corrected chi connectivity index (χ4v) is 0.977. The number of halogens is 1. The minimum Gasteiger partial charge on any atom is -0.343 e. The predicted molar refractivity (Wildman–Crippen MR) is 42.3 cm³/mol. The molecule has 0 unspecified atom stereocenters. The van der Waals surface area contributed by atoms with E-state index in [2.05, 4.69) is 5.32 Å². The highest BCUT2D eigenvalue weighted by molar-refractivity contribution is 5.85. The molecule has 1 atom stereocenters. The number of nitrogens with one attached hydrogen (secondary N) is 1. The van der Waals surface area contributed by atoms with Crippen LogP contribution in [-0.4, -0.2) is 37.0 Å². The predicted octanol–water partition coefficient (Wildman–Crippen LogP) is -0.142. The Labute approximate surface area is 67.2 Å². The standard InChI is InChI=1S/C6H12N2O.ClH/c1-5-6(9)8(2)4-3-7-5;/h5,7H,3-4H2,1-2H3;1H/t5-;/m0./s1. The minimum absolute atomic E-state index is 0. The van der Waals surface area contributed by atoms with Gasteiger partial charge >= 0.3 is 0 Å². The van der Waals surface area contributed by atoms with E-state index in [1.54, 1.807) is 4.90 Å². The van der Waals surface area contributed by atoms with Gasteiger partial charge in [-0.2, -0.15) is 0 Å². The largest absolute Gasteiger partial charge is 0.343 e. The molecule has 1 aliphatic rings. The lowest BCUT2D eigenvalue weighted by atomic mass is 10.2. The zero-order valence-electron chi connectivity index (χ0n) is 6.26. The summed E-state index contributed by atoms with van der Waals surface area (Å²) in [6.45, 7) is 3.64. The van der Waals surface area contributed by atoms with Gasteiger partial charge in [-0.3, -0.25) is 4.79 Å². The molecule has 0 aromatic heterocycles. The van der Waals surface area contributed by atoms with Gasteiger partial charge in [0.05, 0.1) is 6.04 Å². The molecule has 1 aliphatic heterocycles. The van der Waals surface area contributed by atoms with E-state index in [0.29, 0.717) is 0 Å². The minimum atomic E-state index is 0. The van der Waals surface area contributed by atoms with Gasteiger partial charge in [-0.25, -0.2) is 0 Å². The van der Waals surface area contributed by atoms with E-state index < -0.39 is 0 Å². The van der Waals surface area contributed by atoms with E-state index in [4.69, 9.17) is 0 Å². The molecule has 0 spiro atoms. The number of nitrogens with zero attached hydrogens (tertiary/aromatic N) is 1. The molecule has 1 amide bonds. The molecule has 3 nitrogen and oxygen atoms in total. The molecule has 0 aromatic carbocycles. The Balaban J connectivity index is 0.000000810. The molecule has 4 heteroatoms. The van der Waals surface area contributed by atoms with Crippen LogP contribution in [0.25, 0.3) is 0 Å². The molecule has 1 N–H and O–H groups in total. The normalized spacial score (nSPS) is 26.0. The molecule has 0 radical (unpaired) electrons. The summed E-state index contributed by atoms with van der Waals surface area (Å²) in [7, 11) is 1.83. The molecular formula is C6H13ClN2O. The van der Waals surface area contributed by atoms with Gasteiger partial charge < -0.3 is 10.2 Å². The highest BCUT2D eigenvalue weighted by Crippen LogP contribution is 1.95. The third-order valence-corrected chi connectivity index (χ3v) is 1.64. The van der Waals surface area contributed by atoms with Crippen LogP contribution in [0, 0.1) is 0 Å². The Morgan fingerprint density at radius 1 is 1.70 bits per heavy atom. The van der Waals surface area contributed by atoms with E-state index in [1.165, 1.54) is 0 Å². The van der Waals surface area contributed by atoms with Crippen molar-refractivity contribution in [2.24, 2.45) is 0 Å². The van der Waals surface area contributed by atoms with Crippen LogP contribution < -0.4 is 5.32 Å². The van der Waals surface area contributed by atoms with Crippen LogP contribution in [0.4, 0.5) is 0 Å². The third-order valence-electron chi connectivity index (χ3n) is 1.64. The number of piperazine rings is 1. The SMILES string of the molecule is C[C@@H]1NCCN(C)C1=O.Cl. The van der Waals surface area contributed by atoms with Crippen molar-refractivity contribution in [1.29, 1.82) is 0 Å². The monoisotopic (exact) mass is 164 g/mol. The lowest BCUT2D eigenvalue weighted by molar-refractivity contribution is -0.133. The van der Waals surface area contributed by atoms with Gasteiger partial charge in [0, 0.05) is 20.1 Å². The second kappa shape index (κ2) is 3.78. The summed E-state index contributed by atoms with van der Waals surface area (Å²) in [6, 6.07) is 0.0174. The van der Waals surface area contributed by atoms with Crippen molar-refractivity contribution in [3.05, 3.63) is 0 Å². The van der Waals surface area contributed by atoms with Crippen molar-refractivity contribution in [2.75, 3.05) is 20.1 Å². The average Bonchev–Trinajstić information content (AvgIpc) is 1.83. The first-order valence-electron chi connectivity index (χ1n) is 3.20. The van der Waals surface area contributed by atoms with Crippen LogP contribution in [0.5, 0.6) is 0 Å². The Morgan fingerprint density at radius 3 is 2.70 bits per heavy atom. The molecular weight excluding hydrogens is 152 g/mol. The third kappa shape index (κ3) is 1.85. The van der Waals surface area contributed by atoms with Gasteiger partial charge in [-0.1, -0.05) is 0 Å². The first kappa shape index (κ1) is 9.72. The smallest absolute Gasteiger partial charge is 0.239 e. The summed E-state index contributed by atoms with van der Waals surface area (Å²) in [5.41, 5.74) is 0. The molecule has 0 saturated carbocycles. The van der Waals surface area contributed by atoms with Crippen molar-refractivity contribution in [3.8, 4) is 0 Å². The summed E-state index contributed by atoms with van der Waals surface area (Å²) in [6.07, 6.45) is 0. The van der Waals surface area contributed by atoms with Gasteiger partial charge in [0.1, 0.15) is 0 Å². The number of hydrogen-bond acceptors (Lipinski definition) is 2. The van der Waals surface area contributed by atoms with Crippen LogP contribution in [0.1, 0.15) is 6.92 Å². The molecule has 0 aliphatic carbocycles. The number of carbonyl (C=O) groups excluding carboxylic acids is 1. The Bertz CT molecular complexity index is 117. The second-order valence-corrected chi connectivity index (χ2v) is 2.44. The van der Waals surface area contributed by atoms with Crippen LogP contribution in [-0.2, 0) is 4.79 Å². The number of carbonyl (C=O) groups is 1. The number of likely N-dealkylation sites (N-methyl/N-ethyl adjacent to an activating group) is 1. The van der Waals surface area contributed by atoms with Crippen LogP contribution >= 0.6 is 12.4 Å². The Kier molecular flexibility index (Phi) is 3.68. The summed E-state index contributed by atoms with van der Waals surface area (Å²) >= 11 is 0. The maximum Gasteiger partial charge on any atom is 0.239 e. The first-order chi connectivity index (χ1) is 4.22. The lowest BCUT2D eigenvalue weighted by Crippen LogP contribution is -2.51. The zero-order valence-corrected chi connectivity index (χ0v) is 7.07. The lowest BCUT2D eigenvalue weighted by Gasteiger charge is -2.27. The summed E-state index contributed by atoms with van der Waals surface area (Å²) in [4.78, 5) is 12.7. The van der Waals surface area contributed by atoms with Crippen molar-refractivity contribution in [2.45, 2.75) is 13.0 Å². The van der Waals surface area contributed by atoms with Crippen LogP contribution in [0.15, 0.2) is 0 Å². The quantitative estimate of drug-likeness (QED) is 0.541. The van der Waals surface area contributed by atoms with Crippen LogP contribution in [0.2, 0.25) is 0 Å². The van der Waals surface area contributed by atoms with Gasteiger partial charge in [0.25, 0.3) is 0 Å². The Morgan fingerprint density at radius 2 is 2.30 bits per heavy atom. The summed E-state index contributed by atoms with van der Waals surface area (Å²) in [5.74, 6) is 0.196. The number of hydrogen-bond donors (Lipinski definition) is 1. The van der Waals surface area contributed by atoms with Gasteiger partial charge in [-0.15, -0.1) is 12.4 Å². The van der Waals surface area contributed by atoms with E-state index >= 15 is 0 Å². The topological polar surface area (TPSA) is 32.3 Å². The maximum atomic E-state index is 11.0. The highest BCUT2D eigenvalue weighted by atomic mass is 35.5. The maximum absolute atomic E-state index is 11.0. The van der Waals surface area contributed by atoms with Gasteiger partial charge in [0.2, 0.25) is 5.91 Å². The molecule has 1 fully saturated rings. The molecule has 1 saturated heterocycles. The van der Waals surface area contributed by atoms with Crippen molar-refractivity contribution >= 4 is 18.3 Å². The number of amides is 1. The van der Waals surface area contributed by atoms with E-state index in [-0.39, 0.29) is 24.4 Å². The van der Waals surface area contributed by atoms with Crippen LogP contribution in [0.3, 0.4) is 0 Å². The molecule has 0 aromatic rings. The van der Waals surface area contributed by atoms with Crippen molar-refractivity contribution in [1.82, 2.24) is 10.2 Å². The molecule has 0 bridgehead atoms. The fraction of sp³-hybridized carbons (Fsp3) is 0.833. The van der Waals surface area contributed by atoms with Crippen molar-refractivity contribution < 1.29 is 4.79 Å². The van der Waals surface area contributed by atoms with E-state index in [0.717, 1.165) is 13.1 Å². The van der Waals surface area contributed by atoms with Gasteiger partial charge in [0.15, 0.2) is 0 Å². The fourth-order valence-electron chi connectivity index (χ4n) is 0.977. The summed E-state index contributed by atoms with van der Waals surface area (Å²) in [5, 5.41) is 3.07. The molecule has 10 heavy (non-hydrogen) atoms. The first-order valence-corrected chi connectivity index (χ1v) is 3.20. The zero-order chi connectivity index (χ0) is 6.85. The number of rotatable bonds is 0. The Hall–Kier alpha value is -0.280. The second-order valence-electron chi connectivity index (χ2n) is 2.44. The summed E-state index contributed by atoms with van der Waals surface area (Å²) < 4.78 is 0. The molecule has 1 heterocycles. The highest BCUT2D eigenvalue weighted by Gasteiger charge is 2.20. The van der Waals surface area contributed by atoms with E-state index in [9.17, 15) is 4.79 Å². The average molecular weight is 165 g/mol.